The normalized spacial score (nSPS) is 11.0. The summed E-state index contributed by atoms with van der Waals surface area (Å²) in [5.74, 6) is -0.626. The fourth-order valence-electron chi connectivity index (χ4n) is 2.30. The van der Waals surface area contributed by atoms with Crippen molar-refractivity contribution in [3.05, 3.63) is 59.4 Å². The van der Waals surface area contributed by atoms with Crippen LogP contribution in [0, 0.1) is 12.7 Å². The van der Waals surface area contributed by atoms with Crippen molar-refractivity contribution in [2.24, 2.45) is 5.73 Å². The number of halogens is 1. The van der Waals surface area contributed by atoms with Gasteiger partial charge in [0.1, 0.15) is 11.6 Å². The first kappa shape index (κ1) is 18.4. The second kappa shape index (κ2) is 7.34. The van der Waals surface area contributed by atoms with Crippen molar-refractivity contribution in [2.45, 2.75) is 26.2 Å². The number of benzene rings is 2. The van der Waals surface area contributed by atoms with E-state index >= 15 is 0 Å². The maximum atomic E-state index is 13.1. The van der Waals surface area contributed by atoms with Gasteiger partial charge in [0.05, 0.1) is 5.41 Å². The molecule has 0 unspecified atom stereocenters. The van der Waals surface area contributed by atoms with Gasteiger partial charge in [-0.05, 0) is 62.2 Å². The van der Waals surface area contributed by atoms with Crippen LogP contribution in [0.1, 0.15) is 25.0 Å². The number of amides is 2. The molecule has 132 valence electrons. The molecular weight excluding hydrogens is 323 g/mol. The fourth-order valence-corrected chi connectivity index (χ4v) is 2.30. The van der Waals surface area contributed by atoms with E-state index in [2.05, 4.69) is 5.32 Å². The summed E-state index contributed by atoms with van der Waals surface area (Å²) in [5.41, 5.74) is 6.34. The molecule has 0 bridgehead atoms. The van der Waals surface area contributed by atoms with Crippen molar-refractivity contribution in [1.29, 1.82) is 0 Å². The molecule has 25 heavy (non-hydrogen) atoms. The van der Waals surface area contributed by atoms with Gasteiger partial charge >= 0.3 is 0 Å². The van der Waals surface area contributed by atoms with Crippen LogP contribution in [0.4, 0.5) is 10.1 Å². The molecule has 2 aromatic rings. The van der Waals surface area contributed by atoms with E-state index in [1.165, 1.54) is 12.1 Å². The van der Waals surface area contributed by atoms with Gasteiger partial charge in [-0.15, -0.1) is 0 Å². The van der Waals surface area contributed by atoms with E-state index in [1.54, 1.807) is 44.2 Å². The van der Waals surface area contributed by atoms with Crippen LogP contribution in [-0.2, 0) is 15.0 Å². The van der Waals surface area contributed by atoms with E-state index in [4.69, 9.17) is 10.5 Å². The summed E-state index contributed by atoms with van der Waals surface area (Å²) in [6, 6.07) is 10.9. The molecule has 5 nitrogen and oxygen atoms in total. The Balaban J connectivity index is 2.14. The lowest BCUT2D eigenvalue weighted by Crippen LogP contribution is -2.34. The summed E-state index contributed by atoms with van der Waals surface area (Å²) in [4.78, 5) is 23.4. The lowest BCUT2D eigenvalue weighted by atomic mass is 9.83. The Morgan fingerprint density at radius 2 is 1.80 bits per heavy atom. The van der Waals surface area contributed by atoms with Crippen LogP contribution in [0.25, 0.3) is 0 Å². The number of primary amides is 1. The number of carbonyl (C=O) groups is 2. The molecule has 6 heteroatoms. The van der Waals surface area contributed by atoms with Crippen LogP contribution in [0.2, 0.25) is 0 Å². The molecular formula is C19H21FN2O3. The predicted molar refractivity (Wildman–Crippen MR) is 93.9 cm³/mol. The average Bonchev–Trinajstić information content (AvgIpc) is 2.55. The molecule has 2 rings (SSSR count). The molecule has 0 aliphatic rings. The van der Waals surface area contributed by atoms with E-state index < -0.39 is 11.3 Å². The second-order valence-corrected chi connectivity index (χ2v) is 6.32. The van der Waals surface area contributed by atoms with Crippen molar-refractivity contribution in [3.8, 4) is 5.75 Å². The van der Waals surface area contributed by atoms with Crippen LogP contribution in [-0.4, -0.2) is 18.4 Å². The van der Waals surface area contributed by atoms with E-state index in [-0.39, 0.29) is 18.3 Å². The van der Waals surface area contributed by atoms with Gasteiger partial charge in [-0.25, -0.2) is 4.39 Å². The van der Waals surface area contributed by atoms with Gasteiger partial charge in [-0.2, -0.15) is 0 Å². The number of hydrogen-bond donors (Lipinski definition) is 2. The molecule has 2 amide bonds. The van der Waals surface area contributed by atoms with Crippen molar-refractivity contribution >= 4 is 17.5 Å². The zero-order valence-corrected chi connectivity index (χ0v) is 14.4. The van der Waals surface area contributed by atoms with Crippen LogP contribution in [0.3, 0.4) is 0 Å². The van der Waals surface area contributed by atoms with Gasteiger partial charge in [0.2, 0.25) is 5.91 Å². The Morgan fingerprint density at radius 1 is 1.16 bits per heavy atom. The molecule has 2 aromatic carbocycles. The summed E-state index contributed by atoms with van der Waals surface area (Å²) in [7, 11) is 0. The molecule has 0 aromatic heterocycles. The van der Waals surface area contributed by atoms with E-state index in [0.29, 0.717) is 17.0 Å². The monoisotopic (exact) mass is 344 g/mol. The molecule has 0 saturated heterocycles. The quantitative estimate of drug-likeness (QED) is 0.845. The van der Waals surface area contributed by atoms with E-state index in [9.17, 15) is 14.0 Å². The van der Waals surface area contributed by atoms with Crippen molar-refractivity contribution in [3.63, 3.8) is 0 Å². The Bertz CT molecular complexity index is 786. The zero-order chi connectivity index (χ0) is 18.6. The number of nitrogens with two attached hydrogens (primary N) is 1. The Labute approximate surface area is 146 Å². The molecule has 0 aliphatic carbocycles. The zero-order valence-electron chi connectivity index (χ0n) is 14.4. The Hall–Kier alpha value is -2.89. The fraction of sp³-hybridized carbons (Fsp3) is 0.263. The number of rotatable bonds is 6. The minimum Gasteiger partial charge on any atom is -0.484 e. The number of aryl methyl sites for hydroxylation is 1. The average molecular weight is 344 g/mol. The lowest BCUT2D eigenvalue weighted by Gasteiger charge is -2.25. The maximum Gasteiger partial charge on any atom is 0.255 e. The highest BCUT2D eigenvalue weighted by atomic mass is 19.1. The molecule has 0 saturated carbocycles. The Morgan fingerprint density at radius 3 is 2.36 bits per heavy atom. The van der Waals surface area contributed by atoms with Gasteiger partial charge in [-0.1, -0.05) is 12.1 Å². The molecule has 3 N–H and O–H groups in total. The van der Waals surface area contributed by atoms with Gasteiger partial charge in [0, 0.05) is 5.69 Å². The molecule has 0 fully saturated rings. The molecule has 0 heterocycles. The molecule has 0 spiro atoms. The van der Waals surface area contributed by atoms with Crippen LogP contribution >= 0.6 is 0 Å². The summed E-state index contributed by atoms with van der Waals surface area (Å²) in [5, 5.41) is 2.88. The first-order chi connectivity index (χ1) is 11.7. The Kier molecular flexibility index (Phi) is 5.41. The van der Waals surface area contributed by atoms with Gasteiger partial charge < -0.3 is 15.8 Å². The predicted octanol–water partition coefficient (Wildman–Crippen LogP) is 2.91. The highest BCUT2D eigenvalue weighted by molar-refractivity contribution is 5.99. The first-order valence-electron chi connectivity index (χ1n) is 7.79. The summed E-state index contributed by atoms with van der Waals surface area (Å²) in [6.07, 6.45) is 0. The first-order valence-corrected chi connectivity index (χ1v) is 7.79. The third kappa shape index (κ3) is 4.56. The number of hydrogen-bond acceptors (Lipinski definition) is 3. The lowest BCUT2D eigenvalue weighted by molar-refractivity contribution is -0.121. The van der Waals surface area contributed by atoms with E-state index in [1.807, 2.05) is 6.92 Å². The number of nitrogens with one attached hydrogen (secondary N) is 1. The third-order valence-corrected chi connectivity index (χ3v) is 3.96. The number of carbonyl (C=O) groups excluding carboxylic acids is 2. The topological polar surface area (TPSA) is 81.4 Å². The minimum atomic E-state index is -0.832. The molecule has 0 radical (unpaired) electrons. The van der Waals surface area contributed by atoms with Crippen molar-refractivity contribution in [1.82, 2.24) is 0 Å². The largest absolute Gasteiger partial charge is 0.484 e. The van der Waals surface area contributed by atoms with Gasteiger partial charge in [-0.3, -0.25) is 9.59 Å². The maximum absolute atomic E-state index is 13.1. The van der Waals surface area contributed by atoms with Gasteiger partial charge in [0.25, 0.3) is 5.91 Å². The highest BCUT2D eigenvalue weighted by Gasteiger charge is 2.30. The summed E-state index contributed by atoms with van der Waals surface area (Å²) in [6.45, 7) is 5.16. The molecule has 0 atom stereocenters. The molecule has 0 aliphatic heterocycles. The van der Waals surface area contributed by atoms with E-state index in [0.717, 1.165) is 5.56 Å². The SMILES string of the molecule is Cc1cc(OCC(N)=O)ccc1NC(=O)C(C)(C)c1ccc(F)cc1. The van der Waals surface area contributed by atoms with Crippen LogP contribution in [0.5, 0.6) is 5.75 Å². The smallest absolute Gasteiger partial charge is 0.255 e. The number of ether oxygens (including phenoxy) is 1. The van der Waals surface area contributed by atoms with Crippen molar-refractivity contribution in [2.75, 3.05) is 11.9 Å². The second-order valence-electron chi connectivity index (χ2n) is 6.32. The summed E-state index contributed by atoms with van der Waals surface area (Å²) < 4.78 is 18.3. The third-order valence-electron chi connectivity index (χ3n) is 3.96. The van der Waals surface area contributed by atoms with Crippen LogP contribution in [0.15, 0.2) is 42.5 Å². The summed E-state index contributed by atoms with van der Waals surface area (Å²) >= 11 is 0. The van der Waals surface area contributed by atoms with Crippen LogP contribution < -0.4 is 15.8 Å². The van der Waals surface area contributed by atoms with Gasteiger partial charge in [0.15, 0.2) is 6.61 Å². The van der Waals surface area contributed by atoms with Crippen molar-refractivity contribution < 1.29 is 18.7 Å². The highest BCUT2D eigenvalue weighted by Crippen LogP contribution is 2.27. The number of anilines is 1. The standard InChI is InChI=1S/C19H21FN2O3/c1-12-10-15(25-11-17(21)23)8-9-16(12)22-18(24)19(2,3)13-4-6-14(20)7-5-13/h4-10H,11H2,1-3H3,(H2,21,23)(H,22,24). The minimum absolute atomic E-state index is 0.206.